The lowest BCUT2D eigenvalue weighted by molar-refractivity contribution is -0.161. The molecule has 0 spiro atoms. The summed E-state index contributed by atoms with van der Waals surface area (Å²) in [6.45, 7) is 4.51. The largest absolute Gasteiger partial charge is 0.472 e. The highest BCUT2D eigenvalue weighted by Gasteiger charge is 2.28. The van der Waals surface area contributed by atoms with Gasteiger partial charge in [-0.2, -0.15) is 0 Å². The van der Waals surface area contributed by atoms with Gasteiger partial charge < -0.3 is 24.2 Å². The topological polar surface area (TPSA) is 155 Å². The van der Waals surface area contributed by atoms with E-state index in [0.717, 1.165) is 77.0 Å². The van der Waals surface area contributed by atoms with Crippen LogP contribution in [0.5, 0.6) is 0 Å². The Labute approximate surface area is 478 Å². The van der Waals surface area contributed by atoms with E-state index in [1.54, 1.807) is 0 Å². The Morgan fingerprint density at radius 1 is 0.372 bits per heavy atom. The van der Waals surface area contributed by atoms with Crippen molar-refractivity contribution in [2.75, 3.05) is 26.4 Å². The van der Waals surface area contributed by atoms with Crippen LogP contribution in [0.4, 0.5) is 0 Å². The van der Waals surface area contributed by atoms with Crippen LogP contribution in [0.15, 0.2) is 72.9 Å². The van der Waals surface area contributed by atoms with Crippen LogP contribution in [-0.4, -0.2) is 66.5 Å². The molecule has 0 fully saturated rings. The van der Waals surface area contributed by atoms with Gasteiger partial charge in [0.05, 0.1) is 19.8 Å². The van der Waals surface area contributed by atoms with Crippen molar-refractivity contribution in [1.82, 2.24) is 0 Å². The smallest absolute Gasteiger partial charge is 0.462 e. The summed E-state index contributed by atoms with van der Waals surface area (Å²) in [5, 5.41) is 9.85. The van der Waals surface area contributed by atoms with Crippen LogP contribution in [0.2, 0.25) is 0 Å². The van der Waals surface area contributed by atoms with Gasteiger partial charge >= 0.3 is 25.7 Å². The second kappa shape index (κ2) is 60.0. The Balaban J connectivity index is 4.75. The molecule has 0 aliphatic carbocycles. The molecule has 0 rings (SSSR count). The van der Waals surface area contributed by atoms with Gasteiger partial charge in [0.25, 0.3) is 0 Å². The average molecular weight is 1120 g/mol. The van der Waals surface area contributed by atoms with Crippen LogP contribution < -0.4 is 0 Å². The van der Waals surface area contributed by atoms with Crippen LogP contribution in [0.1, 0.15) is 290 Å². The Bertz CT molecular complexity index is 1590. The minimum absolute atomic E-state index is 0.0883. The van der Waals surface area contributed by atoms with E-state index in [4.69, 9.17) is 23.3 Å². The van der Waals surface area contributed by atoms with Crippen molar-refractivity contribution in [2.24, 2.45) is 0 Å². The molecule has 452 valence electrons. The molecule has 0 saturated carbocycles. The summed E-state index contributed by atoms with van der Waals surface area (Å²) in [4.78, 5) is 48.7. The third-order valence-corrected chi connectivity index (χ3v) is 14.6. The summed E-state index contributed by atoms with van der Waals surface area (Å²) < 4.78 is 39.6. The lowest BCUT2D eigenvalue weighted by atomic mass is 10.0. The third kappa shape index (κ3) is 57.6. The number of esters is 3. The Kier molecular flexibility index (Phi) is 57.7. The zero-order chi connectivity index (χ0) is 56.9. The quantitative estimate of drug-likeness (QED) is 0.0197. The van der Waals surface area contributed by atoms with E-state index >= 15 is 0 Å². The fourth-order valence-electron chi connectivity index (χ4n) is 8.80. The predicted octanol–water partition coefficient (Wildman–Crippen LogP) is 19.3. The van der Waals surface area contributed by atoms with Gasteiger partial charge in [-0.3, -0.25) is 23.4 Å². The molecule has 11 nitrogen and oxygen atoms in total. The fraction of sp³-hybridized carbons (Fsp3) is 0.773. The summed E-state index contributed by atoms with van der Waals surface area (Å²) in [7, 11) is -4.77. The second-order valence-electron chi connectivity index (χ2n) is 21.2. The molecule has 0 aromatic heterocycles. The number of hydrogen-bond donors (Lipinski definition) is 2. The molecule has 0 aromatic rings. The van der Waals surface area contributed by atoms with Crippen molar-refractivity contribution in [1.29, 1.82) is 0 Å². The van der Waals surface area contributed by atoms with Crippen LogP contribution >= 0.6 is 7.82 Å². The minimum atomic E-state index is -4.77. The van der Waals surface area contributed by atoms with Crippen LogP contribution in [0, 0.1) is 0 Å². The molecule has 0 saturated heterocycles. The van der Waals surface area contributed by atoms with Gasteiger partial charge in [-0.05, 0) is 83.5 Å². The van der Waals surface area contributed by atoms with E-state index < -0.39 is 57.8 Å². The number of rotatable bonds is 59. The van der Waals surface area contributed by atoms with Gasteiger partial charge in [0.15, 0.2) is 6.10 Å². The van der Waals surface area contributed by atoms with Crippen molar-refractivity contribution in [2.45, 2.75) is 303 Å². The van der Waals surface area contributed by atoms with Gasteiger partial charge in [-0.25, -0.2) is 4.57 Å². The highest BCUT2D eigenvalue weighted by molar-refractivity contribution is 7.47. The van der Waals surface area contributed by atoms with Crippen molar-refractivity contribution in [3.63, 3.8) is 0 Å². The second-order valence-corrected chi connectivity index (χ2v) is 22.7. The maximum absolute atomic E-state index is 12.9. The first-order valence-electron chi connectivity index (χ1n) is 31.8. The summed E-state index contributed by atoms with van der Waals surface area (Å²) in [6.07, 6.45) is 68.6. The van der Waals surface area contributed by atoms with Gasteiger partial charge in [0.1, 0.15) is 12.7 Å². The highest BCUT2D eigenvalue weighted by atomic mass is 31.2. The molecule has 0 bridgehead atoms. The number of hydrogen-bond acceptors (Lipinski definition) is 10. The minimum Gasteiger partial charge on any atom is -0.462 e. The Morgan fingerprint density at radius 3 is 1.09 bits per heavy atom. The molecule has 2 N–H and O–H groups in total. The zero-order valence-corrected chi connectivity index (χ0v) is 51.0. The number of carbonyl (C=O) groups excluding carboxylic acids is 3. The van der Waals surface area contributed by atoms with E-state index in [-0.39, 0.29) is 25.9 Å². The zero-order valence-electron chi connectivity index (χ0n) is 50.1. The Morgan fingerprint density at radius 2 is 0.679 bits per heavy atom. The van der Waals surface area contributed by atoms with Gasteiger partial charge in [-0.1, -0.05) is 261 Å². The van der Waals surface area contributed by atoms with E-state index in [1.807, 2.05) is 6.08 Å². The van der Waals surface area contributed by atoms with Gasteiger partial charge in [0, 0.05) is 19.3 Å². The molecule has 0 aliphatic rings. The van der Waals surface area contributed by atoms with Gasteiger partial charge in [0.2, 0.25) is 0 Å². The number of phosphoric ester groups is 1. The van der Waals surface area contributed by atoms with E-state index in [1.165, 1.54) is 148 Å². The number of aliphatic hydroxyl groups is 1. The summed E-state index contributed by atoms with van der Waals surface area (Å²) in [5.74, 6) is -1.53. The summed E-state index contributed by atoms with van der Waals surface area (Å²) in [6, 6.07) is 0. The molecule has 0 amide bonds. The first kappa shape index (κ1) is 74.9. The SMILES string of the molecule is CC/C=C\C/C=C\C/C=C\C/C=C\C/C=C\CCCC(=O)OC(COC(=O)CCCCCCCCC/C=C\CCCCCCCC)COP(=O)(O)OCC(CO)OC(=O)CCCCCCCCCCCCCCCCCCC. The van der Waals surface area contributed by atoms with E-state index in [0.29, 0.717) is 25.7 Å². The summed E-state index contributed by atoms with van der Waals surface area (Å²) >= 11 is 0. The van der Waals surface area contributed by atoms with Gasteiger partial charge in [-0.15, -0.1) is 0 Å². The molecule has 0 aromatic carbocycles. The standard InChI is InChI=1S/C66H117O11P/c1-4-7-10-13-16-19-22-25-28-31-34-37-40-43-46-49-52-55-64(68)73-59-63(77-66(70)57-54-51-48-45-42-39-36-33-30-27-24-21-18-15-12-9-6-3)61-75-78(71,72)74-60-62(58-67)76-65(69)56-53-50-47-44-41-38-35-32-29-26-23-20-17-14-11-8-5-2/h9,12,18,21,25,27-28,30,36,39,45,48,62-63,67H,4-8,10-11,13-17,19-20,22-24,26,29,31-35,37-38,40-44,46-47,49-61H2,1-3H3,(H,71,72)/b12-9-,21-18-,28-25-,30-27-,39-36-,48-45-. The normalized spacial score (nSPS) is 13.8. The average Bonchev–Trinajstić information content (AvgIpc) is 3.43. The lowest BCUT2D eigenvalue weighted by Crippen LogP contribution is -2.30. The number of aliphatic hydroxyl groups excluding tert-OH is 1. The lowest BCUT2D eigenvalue weighted by Gasteiger charge is -2.21. The molecule has 0 aliphatic heterocycles. The number of carbonyl (C=O) groups is 3. The predicted molar refractivity (Wildman–Crippen MR) is 325 cm³/mol. The molecule has 12 heteroatoms. The van der Waals surface area contributed by atoms with Crippen molar-refractivity contribution >= 4 is 25.7 Å². The van der Waals surface area contributed by atoms with E-state index in [2.05, 4.69) is 87.6 Å². The third-order valence-electron chi connectivity index (χ3n) is 13.6. The van der Waals surface area contributed by atoms with Crippen LogP contribution in [0.25, 0.3) is 0 Å². The molecular weight excluding hydrogens is 1000 g/mol. The number of phosphoric acid groups is 1. The fourth-order valence-corrected chi connectivity index (χ4v) is 9.58. The van der Waals surface area contributed by atoms with Crippen molar-refractivity contribution in [3.05, 3.63) is 72.9 Å². The van der Waals surface area contributed by atoms with E-state index in [9.17, 15) is 28.9 Å². The monoisotopic (exact) mass is 1120 g/mol. The number of allylic oxidation sites excluding steroid dienone is 12. The molecule has 3 unspecified atom stereocenters. The first-order valence-corrected chi connectivity index (χ1v) is 33.3. The van der Waals surface area contributed by atoms with Crippen molar-refractivity contribution < 1.29 is 52.2 Å². The number of unbranched alkanes of at least 4 members (excludes halogenated alkanes) is 30. The van der Waals surface area contributed by atoms with Crippen LogP contribution in [0.3, 0.4) is 0 Å². The molecular formula is C66H117O11P. The van der Waals surface area contributed by atoms with Crippen molar-refractivity contribution in [3.8, 4) is 0 Å². The maximum atomic E-state index is 12.9. The van der Waals surface area contributed by atoms with Crippen LogP contribution in [-0.2, 0) is 42.2 Å². The Hall–Kier alpha value is -3.08. The molecule has 78 heavy (non-hydrogen) atoms. The molecule has 0 heterocycles. The number of ether oxygens (including phenoxy) is 3. The first-order chi connectivity index (χ1) is 38.2. The summed E-state index contributed by atoms with van der Waals surface area (Å²) in [5.41, 5.74) is 0. The molecule has 3 atom stereocenters. The molecule has 0 radical (unpaired) electrons. The maximum Gasteiger partial charge on any atom is 0.472 e. The highest BCUT2D eigenvalue weighted by Crippen LogP contribution is 2.43.